The van der Waals surface area contributed by atoms with E-state index in [-0.39, 0.29) is 5.82 Å². The van der Waals surface area contributed by atoms with Crippen LogP contribution in [0.3, 0.4) is 0 Å². The molecule has 0 aliphatic carbocycles. The Labute approximate surface area is 119 Å². The fourth-order valence-electron chi connectivity index (χ4n) is 1.53. The number of nitrogens with one attached hydrogen (secondary N) is 1. The summed E-state index contributed by atoms with van der Waals surface area (Å²) >= 11 is 5.09. The summed E-state index contributed by atoms with van der Waals surface area (Å²) in [5.74, 6) is 0.666. The van der Waals surface area contributed by atoms with E-state index < -0.39 is 0 Å². The first kappa shape index (κ1) is 13.4. The molecule has 1 N–H and O–H groups in total. The smallest absolute Gasteiger partial charge is 0.147 e. The molecule has 0 aliphatic rings. The molecule has 0 unspecified atom stereocenters. The van der Waals surface area contributed by atoms with Crippen LogP contribution in [-0.4, -0.2) is 12.3 Å². The van der Waals surface area contributed by atoms with Gasteiger partial charge < -0.3 is 5.32 Å². The molecule has 2 rings (SSSR count). The van der Waals surface area contributed by atoms with Gasteiger partial charge in [0.2, 0.25) is 0 Å². The summed E-state index contributed by atoms with van der Waals surface area (Å²) in [4.78, 5) is 1.23. The third-order valence-electron chi connectivity index (χ3n) is 2.38. The number of thioether (sulfide) groups is 1. The predicted octanol–water partition coefficient (Wildman–Crippen LogP) is 4.79. The molecule has 0 bridgehead atoms. The Kier molecular flexibility index (Phi) is 5.08. The van der Waals surface area contributed by atoms with Crippen LogP contribution in [0.4, 0.5) is 10.1 Å². The van der Waals surface area contributed by atoms with Crippen LogP contribution in [0.1, 0.15) is 0 Å². The molecule has 0 saturated carbocycles. The van der Waals surface area contributed by atoms with Crippen molar-refractivity contribution >= 4 is 33.4 Å². The van der Waals surface area contributed by atoms with Crippen LogP contribution in [0.5, 0.6) is 0 Å². The van der Waals surface area contributed by atoms with E-state index in [1.807, 2.05) is 24.3 Å². The second kappa shape index (κ2) is 6.81. The van der Waals surface area contributed by atoms with Crippen LogP contribution in [0, 0.1) is 5.82 Å². The summed E-state index contributed by atoms with van der Waals surface area (Å²) in [5, 5.41) is 3.11. The zero-order valence-electron chi connectivity index (χ0n) is 9.70. The lowest BCUT2D eigenvalue weighted by Gasteiger charge is -2.09. The van der Waals surface area contributed by atoms with Gasteiger partial charge in [-0.25, -0.2) is 4.39 Å². The number of rotatable bonds is 5. The second-order valence-corrected chi connectivity index (χ2v) is 5.71. The Balaban J connectivity index is 1.82. The summed E-state index contributed by atoms with van der Waals surface area (Å²) in [7, 11) is 0. The SMILES string of the molecule is Fc1cccc(Br)c1NCCSc1ccccc1. The van der Waals surface area contributed by atoms with Gasteiger partial charge in [0.1, 0.15) is 5.82 Å². The summed E-state index contributed by atoms with van der Waals surface area (Å²) in [6.45, 7) is 0.721. The molecule has 18 heavy (non-hydrogen) atoms. The first-order valence-corrected chi connectivity index (χ1v) is 7.41. The highest BCUT2D eigenvalue weighted by molar-refractivity contribution is 9.10. The van der Waals surface area contributed by atoms with Gasteiger partial charge in [0.05, 0.1) is 5.69 Å². The van der Waals surface area contributed by atoms with Gasteiger partial charge in [0, 0.05) is 21.7 Å². The van der Waals surface area contributed by atoms with E-state index in [9.17, 15) is 4.39 Å². The maximum absolute atomic E-state index is 13.5. The first-order valence-electron chi connectivity index (χ1n) is 5.63. The van der Waals surface area contributed by atoms with Crippen LogP contribution in [0.2, 0.25) is 0 Å². The number of anilines is 1. The molecular weight excluding hydrogens is 313 g/mol. The van der Waals surface area contributed by atoms with Crippen LogP contribution in [0.25, 0.3) is 0 Å². The third-order valence-corrected chi connectivity index (χ3v) is 4.05. The molecule has 0 spiro atoms. The van der Waals surface area contributed by atoms with E-state index >= 15 is 0 Å². The number of hydrogen-bond acceptors (Lipinski definition) is 2. The van der Waals surface area contributed by atoms with Gasteiger partial charge >= 0.3 is 0 Å². The van der Waals surface area contributed by atoms with E-state index in [1.165, 1.54) is 11.0 Å². The largest absolute Gasteiger partial charge is 0.381 e. The quantitative estimate of drug-likeness (QED) is 0.626. The highest BCUT2D eigenvalue weighted by Crippen LogP contribution is 2.25. The average molecular weight is 326 g/mol. The summed E-state index contributed by atoms with van der Waals surface area (Å²) < 4.78 is 14.3. The van der Waals surface area contributed by atoms with E-state index in [0.29, 0.717) is 5.69 Å². The molecular formula is C14H13BrFNS. The van der Waals surface area contributed by atoms with Gasteiger partial charge in [-0.05, 0) is 40.2 Å². The number of halogens is 2. The zero-order valence-corrected chi connectivity index (χ0v) is 12.1. The molecule has 2 aromatic carbocycles. The van der Waals surface area contributed by atoms with Gasteiger partial charge in [-0.2, -0.15) is 0 Å². The van der Waals surface area contributed by atoms with E-state index in [0.717, 1.165) is 16.8 Å². The Bertz CT molecular complexity index is 484. The van der Waals surface area contributed by atoms with Gasteiger partial charge in [-0.15, -0.1) is 11.8 Å². The molecule has 1 nitrogen and oxygen atoms in total. The van der Waals surface area contributed by atoms with Crippen molar-refractivity contribution < 1.29 is 4.39 Å². The lowest BCUT2D eigenvalue weighted by molar-refractivity contribution is 0.630. The van der Waals surface area contributed by atoms with Crippen molar-refractivity contribution in [3.8, 4) is 0 Å². The molecule has 4 heteroatoms. The molecule has 94 valence electrons. The van der Waals surface area contributed by atoms with Crippen molar-refractivity contribution in [3.05, 3.63) is 58.8 Å². The summed E-state index contributed by atoms with van der Waals surface area (Å²) in [6, 6.07) is 15.1. The Hall–Kier alpha value is -1.00. The topological polar surface area (TPSA) is 12.0 Å². The van der Waals surface area contributed by atoms with Crippen molar-refractivity contribution in [1.82, 2.24) is 0 Å². The van der Waals surface area contributed by atoms with Crippen LogP contribution in [-0.2, 0) is 0 Å². The molecule has 0 amide bonds. The molecule has 0 fully saturated rings. The number of hydrogen-bond donors (Lipinski definition) is 1. The van der Waals surface area contributed by atoms with Gasteiger partial charge in [0.15, 0.2) is 0 Å². The summed E-state index contributed by atoms with van der Waals surface area (Å²) in [6.07, 6.45) is 0. The molecule has 0 saturated heterocycles. The molecule has 0 aromatic heterocycles. The molecule has 0 radical (unpaired) electrons. The van der Waals surface area contributed by atoms with E-state index in [1.54, 1.807) is 17.8 Å². The zero-order chi connectivity index (χ0) is 12.8. The van der Waals surface area contributed by atoms with Gasteiger partial charge in [-0.1, -0.05) is 24.3 Å². The van der Waals surface area contributed by atoms with Crippen LogP contribution < -0.4 is 5.32 Å². The molecule has 0 heterocycles. The second-order valence-electron chi connectivity index (χ2n) is 3.68. The van der Waals surface area contributed by atoms with Crippen LogP contribution >= 0.6 is 27.7 Å². The Morgan fingerprint density at radius 2 is 1.83 bits per heavy atom. The minimum Gasteiger partial charge on any atom is -0.381 e. The lowest BCUT2D eigenvalue weighted by atomic mass is 10.3. The lowest BCUT2D eigenvalue weighted by Crippen LogP contribution is -2.06. The first-order chi connectivity index (χ1) is 8.77. The third kappa shape index (κ3) is 3.75. The molecule has 0 aliphatic heterocycles. The fourth-order valence-corrected chi connectivity index (χ4v) is 2.80. The molecule has 2 aromatic rings. The molecule has 0 atom stereocenters. The van der Waals surface area contributed by atoms with E-state index in [4.69, 9.17) is 0 Å². The van der Waals surface area contributed by atoms with Crippen molar-refractivity contribution in [2.24, 2.45) is 0 Å². The van der Waals surface area contributed by atoms with Crippen molar-refractivity contribution in [2.75, 3.05) is 17.6 Å². The minimum absolute atomic E-state index is 0.228. The Morgan fingerprint density at radius 1 is 1.06 bits per heavy atom. The monoisotopic (exact) mass is 325 g/mol. The van der Waals surface area contributed by atoms with Crippen molar-refractivity contribution in [2.45, 2.75) is 4.90 Å². The average Bonchev–Trinajstić information content (AvgIpc) is 2.38. The fraction of sp³-hybridized carbons (Fsp3) is 0.143. The Morgan fingerprint density at radius 3 is 2.56 bits per heavy atom. The normalized spacial score (nSPS) is 10.3. The number of para-hydroxylation sites is 1. The van der Waals surface area contributed by atoms with Gasteiger partial charge in [0.25, 0.3) is 0 Å². The summed E-state index contributed by atoms with van der Waals surface area (Å²) in [5.41, 5.74) is 0.533. The van der Waals surface area contributed by atoms with Crippen molar-refractivity contribution in [3.63, 3.8) is 0 Å². The van der Waals surface area contributed by atoms with Crippen LogP contribution in [0.15, 0.2) is 57.9 Å². The predicted molar refractivity (Wildman–Crippen MR) is 79.8 cm³/mol. The highest BCUT2D eigenvalue weighted by atomic mass is 79.9. The maximum Gasteiger partial charge on any atom is 0.147 e. The van der Waals surface area contributed by atoms with E-state index in [2.05, 4.69) is 33.4 Å². The van der Waals surface area contributed by atoms with Gasteiger partial charge in [-0.3, -0.25) is 0 Å². The number of benzene rings is 2. The maximum atomic E-state index is 13.5. The highest BCUT2D eigenvalue weighted by Gasteiger charge is 2.04. The standard InChI is InChI=1S/C14H13BrFNS/c15-12-7-4-8-13(16)14(12)17-9-10-18-11-5-2-1-3-6-11/h1-8,17H,9-10H2. The van der Waals surface area contributed by atoms with Crippen molar-refractivity contribution in [1.29, 1.82) is 0 Å². The minimum atomic E-state index is -0.228.